The van der Waals surface area contributed by atoms with Gasteiger partial charge in [-0.25, -0.2) is 4.39 Å². The molecule has 0 aliphatic carbocycles. The van der Waals surface area contributed by atoms with Crippen LogP contribution in [0.3, 0.4) is 0 Å². The zero-order valence-electron chi connectivity index (χ0n) is 14.9. The molecule has 0 spiro atoms. The first-order valence-electron chi connectivity index (χ1n) is 8.68. The van der Waals surface area contributed by atoms with Gasteiger partial charge >= 0.3 is 0 Å². The summed E-state index contributed by atoms with van der Waals surface area (Å²) in [7, 11) is 0. The van der Waals surface area contributed by atoms with Crippen molar-refractivity contribution in [1.82, 2.24) is 0 Å². The van der Waals surface area contributed by atoms with Gasteiger partial charge in [-0.05, 0) is 42.7 Å². The van der Waals surface area contributed by atoms with Crippen LogP contribution in [0, 0.1) is 11.2 Å². The summed E-state index contributed by atoms with van der Waals surface area (Å²) in [6.45, 7) is 1.67. The Morgan fingerprint density at radius 2 is 1.93 bits per heavy atom. The molecule has 1 heterocycles. The number of halogens is 2. The predicted octanol–water partition coefficient (Wildman–Crippen LogP) is 3.52. The van der Waals surface area contributed by atoms with Crippen LogP contribution in [-0.4, -0.2) is 25.7 Å². The fraction of sp³-hybridized carbons (Fsp3) is 0.350. The summed E-state index contributed by atoms with van der Waals surface area (Å²) in [6, 6.07) is 13.4. The average Bonchev–Trinajstić information content (AvgIpc) is 2.67. The van der Waals surface area contributed by atoms with Gasteiger partial charge in [0.2, 0.25) is 5.91 Å². The first-order valence-corrected chi connectivity index (χ1v) is 8.68. The Morgan fingerprint density at radius 1 is 1.19 bits per heavy atom. The third-order valence-electron chi connectivity index (χ3n) is 4.71. The van der Waals surface area contributed by atoms with Gasteiger partial charge < -0.3 is 20.5 Å². The lowest BCUT2D eigenvalue weighted by molar-refractivity contribution is -0.130. The lowest BCUT2D eigenvalue weighted by atomic mass is 9.79. The van der Waals surface area contributed by atoms with Crippen LogP contribution in [0.1, 0.15) is 18.4 Å². The number of amides is 1. The minimum Gasteiger partial charge on any atom is -0.489 e. The van der Waals surface area contributed by atoms with Crippen molar-refractivity contribution in [3.05, 3.63) is 59.9 Å². The van der Waals surface area contributed by atoms with E-state index in [0.717, 1.165) is 5.56 Å². The smallest absolute Gasteiger partial charge is 0.232 e. The van der Waals surface area contributed by atoms with E-state index in [1.807, 2.05) is 24.3 Å². The molecule has 0 atom stereocenters. The van der Waals surface area contributed by atoms with Crippen molar-refractivity contribution in [1.29, 1.82) is 0 Å². The van der Waals surface area contributed by atoms with Crippen molar-refractivity contribution in [2.45, 2.75) is 19.4 Å². The second kappa shape index (κ2) is 9.69. The van der Waals surface area contributed by atoms with E-state index < -0.39 is 5.41 Å². The number of hydrogen-bond acceptors (Lipinski definition) is 4. The average molecular weight is 395 g/mol. The Kier molecular flexibility index (Phi) is 7.59. The molecule has 1 saturated heterocycles. The van der Waals surface area contributed by atoms with Crippen LogP contribution in [0.4, 0.5) is 10.1 Å². The molecule has 7 heteroatoms. The van der Waals surface area contributed by atoms with E-state index in [9.17, 15) is 9.18 Å². The summed E-state index contributed by atoms with van der Waals surface area (Å²) in [5, 5.41) is 2.96. The largest absolute Gasteiger partial charge is 0.489 e. The lowest BCUT2D eigenvalue weighted by Gasteiger charge is -2.34. The molecule has 1 aliphatic heterocycles. The molecular formula is C20H24ClFN2O3. The zero-order chi connectivity index (χ0) is 18.4. The number of ether oxygens (including phenoxy) is 2. The van der Waals surface area contributed by atoms with E-state index in [0.29, 0.717) is 44.0 Å². The molecular weight excluding hydrogens is 371 g/mol. The van der Waals surface area contributed by atoms with Crippen LogP contribution >= 0.6 is 12.4 Å². The third kappa shape index (κ3) is 5.42. The number of carbonyl (C=O) groups excluding carboxylic acids is 1. The maximum atomic E-state index is 13.2. The number of benzene rings is 2. The van der Waals surface area contributed by atoms with Gasteiger partial charge in [-0.15, -0.1) is 12.4 Å². The molecule has 3 rings (SSSR count). The SMILES string of the molecule is Cl.NCC1(C(=O)Nc2cccc(COc3cccc(F)c3)c2)CCOCC1. The Hall–Kier alpha value is -2.15. The Morgan fingerprint density at radius 3 is 2.63 bits per heavy atom. The van der Waals surface area contributed by atoms with Crippen LogP contribution in [0.2, 0.25) is 0 Å². The van der Waals surface area contributed by atoms with Crippen molar-refractivity contribution in [3.8, 4) is 5.75 Å². The number of hydrogen-bond donors (Lipinski definition) is 2. The minimum absolute atomic E-state index is 0. The summed E-state index contributed by atoms with van der Waals surface area (Å²) in [6.07, 6.45) is 1.25. The number of nitrogens with two attached hydrogens (primary N) is 1. The van der Waals surface area contributed by atoms with Crippen molar-refractivity contribution in [3.63, 3.8) is 0 Å². The number of rotatable bonds is 6. The third-order valence-corrected chi connectivity index (χ3v) is 4.71. The molecule has 0 aromatic heterocycles. The second-order valence-corrected chi connectivity index (χ2v) is 6.50. The van der Waals surface area contributed by atoms with Gasteiger partial charge in [0.05, 0.1) is 5.41 Å². The second-order valence-electron chi connectivity index (χ2n) is 6.50. The van der Waals surface area contributed by atoms with Crippen molar-refractivity contribution < 1.29 is 18.7 Å². The van der Waals surface area contributed by atoms with Crippen LogP contribution in [0.15, 0.2) is 48.5 Å². The number of carbonyl (C=O) groups is 1. The lowest BCUT2D eigenvalue weighted by Crippen LogP contribution is -2.46. The summed E-state index contributed by atoms with van der Waals surface area (Å²) in [4.78, 5) is 12.7. The van der Waals surface area contributed by atoms with Gasteiger partial charge in [0.25, 0.3) is 0 Å². The summed E-state index contributed by atoms with van der Waals surface area (Å²) >= 11 is 0. The Bertz CT molecular complexity index is 766. The van der Waals surface area contributed by atoms with E-state index in [4.69, 9.17) is 15.2 Å². The molecule has 0 radical (unpaired) electrons. The molecule has 3 N–H and O–H groups in total. The highest BCUT2D eigenvalue weighted by Crippen LogP contribution is 2.31. The molecule has 2 aromatic rings. The standard InChI is InChI=1S/C20H23FN2O3.ClH/c21-16-4-2-6-18(12-16)26-13-15-3-1-5-17(11-15)23-19(24)20(14-22)7-9-25-10-8-20;/h1-6,11-12H,7-10,13-14,22H2,(H,23,24);1H. The predicted molar refractivity (Wildman–Crippen MR) is 105 cm³/mol. The summed E-state index contributed by atoms with van der Waals surface area (Å²) < 4.78 is 24.2. The van der Waals surface area contributed by atoms with Gasteiger partial charge in [-0.2, -0.15) is 0 Å². The zero-order valence-corrected chi connectivity index (χ0v) is 15.8. The van der Waals surface area contributed by atoms with Gasteiger partial charge in [-0.1, -0.05) is 18.2 Å². The van der Waals surface area contributed by atoms with Gasteiger partial charge in [0.1, 0.15) is 18.2 Å². The van der Waals surface area contributed by atoms with Crippen LogP contribution in [-0.2, 0) is 16.1 Å². The maximum Gasteiger partial charge on any atom is 0.232 e. The molecule has 2 aromatic carbocycles. The van der Waals surface area contributed by atoms with Gasteiger partial charge in [-0.3, -0.25) is 4.79 Å². The summed E-state index contributed by atoms with van der Waals surface area (Å²) in [5.41, 5.74) is 6.87. The molecule has 0 unspecified atom stereocenters. The fourth-order valence-electron chi connectivity index (χ4n) is 3.01. The van der Waals surface area contributed by atoms with E-state index in [1.165, 1.54) is 12.1 Å². The van der Waals surface area contributed by atoms with Gasteiger partial charge in [0.15, 0.2) is 0 Å². The van der Waals surface area contributed by atoms with E-state index in [1.54, 1.807) is 12.1 Å². The van der Waals surface area contributed by atoms with Crippen molar-refractivity contribution >= 4 is 24.0 Å². The first-order chi connectivity index (χ1) is 12.6. The highest BCUT2D eigenvalue weighted by molar-refractivity contribution is 5.95. The molecule has 146 valence electrons. The Labute approximate surface area is 164 Å². The van der Waals surface area contributed by atoms with E-state index in [2.05, 4.69) is 5.32 Å². The first kappa shape index (κ1) is 21.2. The Balaban J connectivity index is 0.00000261. The maximum absolute atomic E-state index is 13.2. The molecule has 5 nitrogen and oxygen atoms in total. The molecule has 0 bridgehead atoms. The number of nitrogens with one attached hydrogen (secondary N) is 1. The van der Waals surface area contributed by atoms with E-state index in [-0.39, 0.29) is 30.7 Å². The minimum atomic E-state index is -0.577. The quantitative estimate of drug-likeness (QED) is 0.786. The van der Waals surface area contributed by atoms with Crippen LogP contribution < -0.4 is 15.8 Å². The highest BCUT2D eigenvalue weighted by atomic mass is 35.5. The molecule has 1 aliphatic rings. The normalized spacial score (nSPS) is 15.5. The molecule has 27 heavy (non-hydrogen) atoms. The van der Waals surface area contributed by atoms with Crippen molar-refractivity contribution in [2.75, 3.05) is 25.1 Å². The van der Waals surface area contributed by atoms with Crippen LogP contribution in [0.5, 0.6) is 5.75 Å². The number of anilines is 1. The topological polar surface area (TPSA) is 73.6 Å². The summed E-state index contributed by atoms with van der Waals surface area (Å²) in [5.74, 6) is 0.0438. The van der Waals surface area contributed by atoms with Crippen LogP contribution in [0.25, 0.3) is 0 Å². The van der Waals surface area contributed by atoms with Crippen molar-refractivity contribution in [2.24, 2.45) is 11.1 Å². The molecule has 1 amide bonds. The molecule has 1 fully saturated rings. The fourth-order valence-corrected chi connectivity index (χ4v) is 3.01. The molecule has 0 saturated carbocycles. The highest BCUT2D eigenvalue weighted by Gasteiger charge is 2.38. The monoisotopic (exact) mass is 394 g/mol. The van der Waals surface area contributed by atoms with E-state index >= 15 is 0 Å². The van der Waals surface area contributed by atoms with Gasteiger partial charge in [0, 0.05) is 31.5 Å².